The first-order chi connectivity index (χ1) is 8.29. The molecule has 2 heteroatoms. The molecule has 0 bridgehead atoms. The first-order valence-corrected chi connectivity index (χ1v) is 7.77. The van der Waals surface area contributed by atoms with Gasteiger partial charge in [0.05, 0.1) is 0 Å². The summed E-state index contributed by atoms with van der Waals surface area (Å²) in [5, 5.41) is 1.04. The van der Waals surface area contributed by atoms with E-state index in [1.165, 1.54) is 6.42 Å². The van der Waals surface area contributed by atoms with Gasteiger partial charge in [-0.15, -0.1) is 6.58 Å². The number of Topliss-reactive ketones (excluding diaryl/α,β-unsaturated/α-hetero) is 1. The molecule has 0 aliphatic heterocycles. The Morgan fingerprint density at radius 1 is 1.35 bits per heavy atom. The van der Waals surface area contributed by atoms with Gasteiger partial charge in [0.15, 0.2) is 0 Å². The Hall–Kier alpha value is -0.370. The molecule has 0 spiro atoms. The molecule has 2 atom stereocenters. The highest BCUT2D eigenvalue weighted by atomic mass is 79.9. The van der Waals surface area contributed by atoms with Gasteiger partial charge in [0.1, 0.15) is 5.78 Å². The molecule has 0 aromatic heterocycles. The van der Waals surface area contributed by atoms with Crippen LogP contribution in [0.25, 0.3) is 0 Å². The zero-order valence-electron chi connectivity index (χ0n) is 10.5. The molecule has 0 heterocycles. The maximum Gasteiger partial charge on any atom is 0.139 e. The van der Waals surface area contributed by atoms with Crippen molar-refractivity contribution >= 4 is 21.7 Å². The molecular weight excluding hydrogens is 276 g/mol. The molecule has 0 fully saturated rings. The summed E-state index contributed by atoms with van der Waals surface area (Å²) >= 11 is 3.44. The molecule has 1 aliphatic rings. The van der Waals surface area contributed by atoms with Crippen molar-refractivity contribution in [2.75, 3.05) is 5.33 Å². The maximum atomic E-state index is 12.4. The zero-order valence-corrected chi connectivity index (χ0v) is 12.1. The van der Waals surface area contributed by atoms with Crippen molar-refractivity contribution in [3.8, 4) is 0 Å². The molecule has 17 heavy (non-hydrogen) atoms. The van der Waals surface area contributed by atoms with E-state index < -0.39 is 0 Å². The summed E-state index contributed by atoms with van der Waals surface area (Å²) in [6.45, 7) is 3.77. The van der Waals surface area contributed by atoms with Gasteiger partial charge in [0, 0.05) is 17.2 Å². The molecule has 0 saturated heterocycles. The summed E-state index contributed by atoms with van der Waals surface area (Å²) in [7, 11) is 0. The Bertz CT molecular complexity index is 270. The largest absolute Gasteiger partial charge is 0.299 e. The van der Waals surface area contributed by atoms with E-state index in [2.05, 4.69) is 34.7 Å². The normalized spacial score (nSPS) is 25.4. The van der Waals surface area contributed by atoms with E-state index in [0.29, 0.717) is 5.78 Å². The van der Waals surface area contributed by atoms with Gasteiger partial charge < -0.3 is 0 Å². The minimum atomic E-state index is 0.214. The van der Waals surface area contributed by atoms with Crippen LogP contribution in [0.15, 0.2) is 24.8 Å². The summed E-state index contributed by atoms with van der Waals surface area (Å²) in [6.07, 6.45) is 13.5. The van der Waals surface area contributed by atoms with Crippen LogP contribution in [-0.4, -0.2) is 11.1 Å². The van der Waals surface area contributed by atoms with Crippen LogP contribution in [0.2, 0.25) is 0 Å². The lowest BCUT2D eigenvalue weighted by Crippen LogP contribution is -2.24. The fourth-order valence-corrected chi connectivity index (χ4v) is 2.84. The number of hydrogen-bond acceptors (Lipinski definition) is 1. The van der Waals surface area contributed by atoms with Gasteiger partial charge in [-0.3, -0.25) is 4.79 Å². The van der Waals surface area contributed by atoms with Crippen molar-refractivity contribution in [2.45, 2.75) is 44.9 Å². The molecule has 0 saturated carbocycles. The molecular formula is C15H23BrO. The lowest BCUT2D eigenvalue weighted by atomic mass is 9.81. The van der Waals surface area contributed by atoms with Crippen molar-refractivity contribution in [3.05, 3.63) is 24.8 Å². The number of unbranched alkanes of at least 4 members (excludes halogenated alkanes) is 1. The number of rotatable bonds is 6. The highest BCUT2D eigenvalue weighted by molar-refractivity contribution is 9.09. The van der Waals surface area contributed by atoms with Gasteiger partial charge in [0.2, 0.25) is 0 Å². The van der Waals surface area contributed by atoms with Crippen LogP contribution in [0.4, 0.5) is 0 Å². The number of halogens is 1. The molecule has 0 aromatic rings. The van der Waals surface area contributed by atoms with E-state index in [9.17, 15) is 4.79 Å². The van der Waals surface area contributed by atoms with Crippen molar-refractivity contribution < 1.29 is 4.79 Å². The average molecular weight is 299 g/mol. The Morgan fingerprint density at radius 3 is 2.88 bits per heavy atom. The third-order valence-corrected chi connectivity index (χ3v) is 4.02. The summed E-state index contributed by atoms with van der Waals surface area (Å²) in [5.41, 5.74) is 0. The van der Waals surface area contributed by atoms with Gasteiger partial charge in [-0.1, -0.05) is 40.6 Å². The Labute approximate surface area is 113 Å². The molecule has 0 aromatic carbocycles. The fourth-order valence-electron chi connectivity index (χ4n) is 2.45. The average Bonchev–Trinajstić information content (AvgIpc) is 2.32. The van der Waals surface area contributed by atoms with E-state index in [1.54, 1.807) is 0 Å². The van der Waals surface area contributed by atoms with Gasteiger partial charge in [-0.05, 0) is 38.5 Å². The van der Waals surface area contributed by atoms with Crippen molar-refractivity contribution in [1.82, 2.24) is 0 Å². The number of hydrogen-bond donors (Lipinski definition) is 0. The molecule has 0 radical (unpaired) electrons. The number of ketones is 1. The lowest BCUT2D eigenvalue weighted by molar-refractivity contribution is -0.127. The van der Waals surface area contributed by atoms with Crippen LogP contribution >= 0.6 is 15.9 Å². The molecule has 0 amide bonds. The van der Waals surface area contributed by atoms with Crippen LogP contribution in [0.1, 0.15) is 44.9 Å². The third-order valence-electron chi connectivity index (χ3n) is 3.46. The quantitative estimate of drug-likeness (QED) is 0.396. The number of alkyl halides is 1. The van der Waals surface area contributed by atoms with Crippen LogP contribution < -0.4 is 0 Å². The minimum Gasteiger partial charge on any atom is -0.299 e. The summed E-state index contributed by atoms with van der Waals surface area (Å²) in [4.78, 5) is 12.4. The van der Waals surface area contributed by atoms with Crippen molar-refractivity contribution in [2.24, 2.45) is 11.8 Å². The van der Waals surface area contributed by atoms with E-state index in [0.717, 1.165) is 43.9 Å². The Morgan fingerprint density at radius 2 is 2.18 bits per heavy atom. The molecule has 96 valence electrons. The predicted octanol–water partition coefficient (Wildman–Crippen LogP) is 4.67. The monoisotopic (exact) mass is 298 g/mol. The maximum absolute atomic E-state index is 12.4. The lowest BCUT2D eigenvalue weighted by Gasteiger charge is -2.22. The second-order valence-corrected chi connectivity index (χ2v) is 5.58. The third kappa shape index (κ3) is 5.20. The number of carbonyl (C=O) groups excluding carboxylic acids is 1. The molecule has 1 rings (SSSR count). The second-order valence-electron chi connectivity index (χ2n) is 4.79. The Kier molecular flexibility index (Phi) is 7.50. The van der Waals surface area contributed by atoms with E-state index >= 15 is 0 Å². The molecule has 0 N–H and O–H groups in total. The topological polar surface area (TPSA) is 17.1 Å². The van der Waals surface area contributed by atoms with Crippen molar-refractivity contribution in [3.63, 3.8) is 0 Å². The van der Waals surface area contributed by atoms with Crippen molar-refractivity contribution in [1.29, 1.82) is 0 Å². The van der Waals surface area contributed by atoms with E-state index in [1.807, 2.05) is 6.08 Å². The number of allylic oxidation sites excluding steroid dienone is 3. The van der Waals surface area contributed by atoms with Gasteiger partial charge >= 0.3 is 0 Å². The molecule has 1 aliphatic carbocycles. The van der Waals surface area contributed by atoms with Gasteiger partial charge in [0.25, 0.3) is 0 Å². The van der Waals surface area contributed by atoms with Crippen LogP contribution in [-0.2, 0) is 4.79 Å². The van der Waals surface area contributed by atoms with Gasteiger partial charge in [-0.25, -0.2) is 0 Å². The van der Waals surface area contributed by atoms with E-state index in [-0.39, 0.29) is 11.8 Å². The smallest absolute Gasteiger partial charge is 0.139 e. The summed E-state index contributed by atoms with van der Waals surface area (Å²) in [6, 6.07) is 0. The Balaban J connectivity index is 2.57. The molecule has 1 nitrogen and oxygen atoms in total. The zero-order chi connectivity index (χ0) is 12.5. The summed E-state index contributed by atoms with van der Waals surface area (Å²) < 4.78 is 0. The second kappa shape index (κ2) is 8.68. The van der Waals surface area contributed by atoms with Gasteiger partial charge in [-0.2, -0.15) is 0 Å². The van der Waals surface area contributed by atoms with E-state index in [4.69, 9.17) is 0 Å². The highest BCUT2D eigenvalue weighted by Gasteiger charge is 2.25. The predicted molar refractivity (Wildman–Crippen MR) is 77.4 cm³/mol. The first-order valence-electron chi connectivity index (χ1n) is 6.65. The van der Waals surface area contributed by atoms with Crippen LogP contribution in [0, 0.1) is 11.8 Å². The summed E-state index contributed by atoms with van der Waals surface area (Å²) in [5.74, 6) is 0.936. The fraction of sp³-hybridized carbons (Fsp3) is 0.667. The van der Waals surface area contributed by atoms with Crippen LogP contribution in [0.3, 0.4) is 0 Å². The van der Waals surface area contributed by atoms with Crippen LogP contribution in [0.5, 0.6) is 0 Å². The number of carbonyl (C=O) groups is 1. The molecule has 2 unspecified atom stereocenters. The standard InChI is InChI=1S/C15H23BrO/c1-2-8-13-9-4-3-5-10-14(15(13)17)11-6-7-12-16/h2-3,5,13-14H,1,4,6-12H2. The highest BCUT2D eigenvalue weighted by Crippen LogP contribution is 2.26. The first kappa shape index (κ1) is 14.7. The minimum absolute atomic E-state index is 0.214. The SMILES string of the molecule is C=CCC1CCC=CCC(CCCCBr)C1=O.